The molecule has 4 aromatic carbocycles. The Morgan fingerprint density at radius 2 is 0.771 bits per heavy atom. The van der Waals surface area contributed by atoms with E-state index in [-0.39, 0.29) is 33.8 Å². The molecule has 0 amide bonds. The fourth-order valence-electron chi connectivity index (χ4n) is 4.18. The van der Waals surface area contributed by atoms with Crippen LogP contribution in [-0.2, 0) is 10.8 Å². The van der Waals surface area contributed by atoms with Crippen molar-refractivity contribution in [3.8, 4) is 23.0 Å². The molecule has 0 saturated heterocycles. The summed E-state index contributed by atoms with van der Waals surface area (Å²) in [6.07, 6.45) is 0. The summed E-state index contributed by atoms with van der Waals surface area (Å²) in [5.74, 6) is 0.722. The number of rotatable bonds is 6. The molecule has 0 bridgehead atoms. The van der Waals surface area contributed by atoms with Crippen molar-refractivity contribution < 1.29 is 20.4 Å². The fourth-order valence-corrected chi connectivity index (χ4v) is 5.13. The maximum Gasteiger partial charge on any atom is 0.129 e. The van der Waals surface area contributed by atoms with E-state index in [4.69, 9.17) is 0 Å². The molecule has 4 rings (SSSR count). The molecule has 0 fully saturated rings. The molecule has 0 spiro atoms. The maximum atomic E-state index is 10.6. The molecular weight excluding hydrogens is 456 g/mol. The van der Waals surface area contributed by atoms with Crippen LogP contribution < -0.4 is 0 Å². The fraction of sp³-hybridized carbons (Fsp3) is 0.200. The number of hydrogen-bond donors (Lipinski definition) is 4. The highest BCUT2D eigenvalue weighted by atomic mass is 32.2. The topological polar surface area (TPSA) is 80.9 Å². The molecule has 0 aliphatic heterocycles. The lowest BCUT2D eigenvalue weighted by Gasteiger charge is -2.27. The first-order valence-corrected chi connectivity index (χ1v) is 12.2. The molecule has 180 valence electrons. The zero-order chi connectivity index (χ0) is 25.4. The first-order chi connectivity index (χ1) is 16.5. The van der Waals surface area contributed by atoms with Crippen molar-refractivity contribution in [2.45, 2.75) is 48.3 Å². The molecule has 0 aliphatic rings. The lowest BCUT2D eigenvalue weighted by atomic mass is 9.78. The Kier molecular flexibility index (Phi) is 6.48. The van der Waals surface area contributed by atoms with E-state index >= 15 is 0 Å². The van der Waals surface area contributed by atoms with Gasteiger partial charge in [-0.25, -0.2) is 0 Å². The molecular formula is C30H30O4S. The van der Waals surface area contributed by atoms with Crippen LogP contribution in [0.2, 0.25) is 0 Å². The molecule has 4 nitrogen and oxygen atoms in total. The van der Waals surface area contributed by atoms with Crippen molar-refractivity contribution in [2.24, 2.45) is 0 Å². The zero-order valence-corrected chi connectivity index (χ0v) is 21.1. The van der Waals surface area contributed by atoms with Gasteiger partial charge in [-0.15, -0.1) is 0 Å². The Hall–Kier alpha value is -3.57. The van der Waals surface area contributed by atoms with Gasteiger partial charge in [-0.1, -0.05) is 75.9 Å². The van der Waals surface area contributed by atoms with Gasteiger partial charge in [0.25, 0.3) is 0 Å². The summed E-state index contributed by atoms with van der Waals surface area (Å²) in [7, 11) is 0. The molecule has 35 heavy (non-hydrogen) atoms. The van der Waals surface area contributed by atoms with Crippen LogP contribution in [-0.4, -0.2) is 20.4 Å². The van der Waals surface area contributed by atoms with E-state index in [0.29, 0.717) is 9.79 Å². The summed E-state index contributed by atoms with van der Waals surface area (Å²) in [5.41, 5.74) is 3.37. The van der Waals surface area contributed by atoms with Crippen molar-refractivity contribution in [1.82, 2.24) is 0 Å². The van der Waals surface area contributed by atoms with Crippen molar-refractivity contribution >= 4 is 11.8 Å². The van der Waals surface area contributed by atoms with Gasteiger partial charge < -0.3 is 20.4 Å². The van der Waals surface area contributed by atoms with Crippen molar-refractivity contribution in [2.75, 3.05) is 0 Å². The van der Waals surface area contributed by atoms with Gasteiger partial charge in [0, 0.05) is 10.8 Å². The number of phenolic OH excluding ortho intramolecular Hbond substituents is 4. The van der Waals surface area contributed by atoms with Crippen LogP contribution in [0.1, 0.15) is 49.9 Å². The Balaban J connectivity index is 1.69. The quantitative estimate of drug-likeness (QED) is 0.230. The highest BCUT2D eigenvalue weighted by Crippen LogP contribution is 2.44. The van der Waals surface area contributed by atoms with Gasteiger partial charge in [0.15, 0.2) is 0 Å². The molecule has 4 N–H and O–H groups in total. The standard InChI is InChI=1S/C30H30O4S/c1-29(2,19-5-11-23(31)12-6-19)21-9-15-25(33)27(17-21)35-28-18-22(10-16-26(28)34)30(3,4)20-7-13-24(32)14-8-20/h5-18,31-34H,1-4H3. The molecule has 0 radical (unpaired) electrons. The van der Waals surface area contributed by atoms with Crippen LogP contribution in [0.5, 0.6) is 23.0 Å². The SMILES string of the molecule is CC(C)(c1ccc(O)cc1)c1ccc(O)c(Sc2cc(C(C)(C)c3ccc(O)cc3)ccc2O)c1. The lowest BCUT2D eigenvalue weighted by molar-refractivity contribution is 0.458. The molecule has 0 aliphatic carbocycles. The smallest absolute Gasteiger partial charge is 0.129 e. The van der Waals surface area contributed by atoms with Crippen molar-refractivity contribution in [3.63, 3.8) is 0 Å². The van der Waals surface area contributed by atoms with E-state index in [9.17, 15) is 20.4 Å². The average molecular weight is 487 g/mol. The maximum absolute atomic E-state index is 10.6. The summed E-state index contributed by atoms with van der Waals surface area (Å²) < 4.78 is 0. The Labute approximate surface area is 210 Å². The molecule has 0 atom stereocenters. The third kappa shape index (κ3) is 4.96. The predicted octanol–water partition coefficient (Wildman–Crippen LogP) is 7.31. The van der Waals surface area contributed by atoms with Crippen molar-refractivity contribution in [1.29, 1.82) is 0 Å². The third-order valence-electron chi connectivity index (χ3n) is 6.76. The first kappa shape index (κ1) is 24.6. The van der Waals surface area contributed by atoms with Gasteiger partial charge in [0.1, 0.15) is 23.0 Å². The summed E-state index contributed by atoms with van der Waals surface area (Å²) in [5, 5.41) is 40.6. The van der Waals surface area contributed by atoms with E-state index < -0.39 is 0 Å². The first-order valence-electron chi connectivity index (χ1n) is 11.4. The Bertz CT molecular complexity index is 1240. The van der Waals surface area contributed by atoms with E-state index in [1.807, 2.05) is 48.5 Å². The summed E-state index contributed by atoms with van der Waals surface area (Å²) >= 11 is 1.32. The van der Waals surface area contributed by atoms with Crippen LogP contribution in [0.4, 0.5) is 0 Å². The van der Waals surface area contributed by atoms with Crippen LogP contribution >= 0.6 is 11.8 Å². The summed E-state index contributed by atoms with van der Waals surface area (Å²) in [6, 6.07) is 25.3. The highest BCUT2D eigenvalue weighted by molar-refractivity contribution is 7.99. The largest absolute Gasteiger partial charge is 0.508 e. The third-order valence-corrected chi connectivity index (χ3v) is 7.85. The molecule has 4 aromatic rings. The minimum atomic E-state index is -0.360. The highest BCUT2D eigenvalue weighted by Gasteiger charge is 2.26. The molecule has 0 saturated carbocycles. The van der Waals surface area contributed by atoms with Crippen LogP contribution in [0.25, 0.3) is 0 Å². The van der Waals surface area contributed by atoms with E-state index in [2.05, 4.69) is 27.7 Å². The van der Waals surface area contributed by atoms with E-state index in [1.165, 1.54) is 11.8 Å². The Morgan fingerprint density at radius 3 is 1.11 bits per heavy atom. The predicted molar refractivity (Wildman–Crippen MR) is 141 cm³/mol. The van der Waals surface area contributed by atoms with Gasteiger partial charge in [0.05, 0.1) is 9.79 Å². The number of aromatic hydroxyl groups is 4. The zero-order valence-electron chi connectivity index (χ0n) is 20.3. The second-order valence-corrected chi connectivity index (χ2v) is 10.9. The molecule has 0 heterocycles. The summed E-state index contributed by atoms with van der Waals surface area (Å²) in [6.45, 7) is 8.38. The van der Waals surface area contributed by atoms with Crippen LogP contribution in [0.15, 0.2) is 94.7 Å². The second kappa shape index (κ2) is 9.23. The average Bonchev–Trinajstić information content (AvgIpc) is 2.82. The minimum absolute atomic E-state index is 0.142. The van der Waals surface area contributed by atoms with Crippen molar-refractivity contribution in [3.05, 3.63) is 107 Å². The van der Waals surface area contributed by atoms with Gasteiger partial charge in [-0.05, 0) is 70.8 Å². The minimum Gasteiger partial charge on any atom is -0.508 e. The van der Waals surface area contributed by atoms with Crippen LogP contribution in [0.3, 0.4) is 0 Å². The normalized spacial score (nSPS) is 12.0. The molecule has 0 aromatic heterocycles. The van der Waals surface area contributed by atoms with Gasteiger partial charge >= 0.3 is 0 Å². The molecule has 0 unspecified atom stereocenters. The lowest BCUT2D eigenvalue weighted by Crippen LogP contribution is -2.19. The van der Waals surface area contributed by atoms with Gasteiger partial charge in [0.2, 0.25) is 0 Å². The summed E-state index contributed by atoms with van der Waals surface area (Å²) in [4.78, 5) is 1.29. The number of hydrogen-bond acceptors (Lipinski definition) is 5. The number of phenols is 4. The van der Waals surface area contributed by atoms with Gasteiger partial charge in [-0.3, -0.25) is 0 Å². The van der Waals surface area contributed by atoms with E-state index in [1.54, 1.807) is 36.4 Å². The molecule has 5 heteroatoms. The van der Waals surface area contributed by atoms with E-state index in [0.717, 1.165) is 22.3 Å². The Morgan fingerprint density at radius 1 is 0.457 bits per heavy atom. The second-order valence-electron chi connectivity index (χ2n) is 9.81. The number of benzene rings is 4. The van der Waals surface area contributed by atoms with Gasteiger partial charge in [-0.2, -0.15) is 0 Å². The van der Waals surface area contributed by atoms with Crippen LogP contribution in [0, 0.1) is 0 Å². The monoisotopic (exact) mass is 486 g/mol.